The molecule has 0 fully saturated rings. The van der Waals surface area contributed by atoms with Gasteiger partial charge in [-0.25, -0.2) is 9.97 Å². The van der Waals surface area contributed by atoms with Crippen molar-refractivity contribution in [2.75, 3.05) is 17.3 Å². The Labute approximate surface area is 218 Å². The molecule has 0 spiro atoms. The summed E-state index contributed by atoms with van der Waals surface area (Å²) in [5.41, 5.74) is 2.39. The van der Waals surface area contributed by atoms with E-state index in [2.05, 4.69) is 20.3 Å². The molecule has 188 valence electrons. The van der Waals surface area contributed by atoms with Crippen molar-refractivity contribution in [3.63, 3.8) is 0 Å². The van der Waals surface area contributed by atoms with Gasteiger partial charge in [-0.15, -0.1) is 0 Å². The molecule has 0 saturated carbocycles. The zero-order chi connectivity index (χ0) is 26.1. The van der Waals surface area contributed by atoms with Gasteiger partial charge >= 0.3 is 0 Å². The Morgan fingerprint density at radius 3 is 2.59 bits per heavy atom. The quantitative estimate of drug-likeness (QED) is 0.403. The first-order chi connectivity index (χ1) is 17.8. The van der Waals surface area contributed by atoms with Crippen molar-refractivity contribution in [3.05, 3.63) is 89.1 Å². The number of hydrogen-bond donors (Lipinski definition) is 2. The number of nitrogens with one attached hydrogen (secondary N) is 1. The van der Waals surface area contributed by atoms with Crippen LogP contribution in [0.2, 0.25) is 5.02 Å². The second-order valence-corrected chi connectivity index (χ2v) is 9.03. The average molecular weight is 518 g/mol. The number of fused-ring (bicyclic) bond motifs is 1. The molecule has 4 aromatic rings. The summed E-state index contributed by atoms with van der Waals surface area (Å²) in [5.74, 6) is 0.335. The van der Waals surface area contributed by atoms with Crippen LogP contribution in [0, 0.1) is 6.92 Å². The molecule has 3 aromatic heterocycles. The number of aromatic nitrogens is 4. The Bertz CT molecular complexity index is 1460. The topological polar surface area (TPSA) is 116 Å². The lowest BCUT2D eigenvalue weighted by Gasteiger charge is -2.38. The van der Waals surface area contributed by atoms with Gasteiger partial charge in [-0.3, -0.25) is 19.5 Å². The van der Waals surface area contributed by atoms with Crippen LogP contribution >= 0.6 is 11.6 Å². The number of hydrogen-bond acceptors (Lipinski definition) is 7. The van der Waals surface area contributed by atoms with E-state index < -0.39 is 12.3 Å². The second-order valence-electron chi connectivity index (χ2n) is 8.59. The SMILES string of the molecule is Cc1nc2c(n1CC(=O)Nc1cccc(-c3ccc(Cl)cc3)n1)C(=O)N(Cc1ccccn1)C(O)N2C. The first-order valence-electron chi connectivity index (χ1n) is 11.5. The monoisotopic (exact) mass is 517 g/mol. The minimum Gasteiger partial charge on any atom is -0.356 e. The highest BCUT2D eigenvalue weighted by Crippen LogP contribution is 2.30. The van der Waals surface area contributed by atoms with Crippen LogP contribution in [-0.2, 0) is 17.9 Å². The lowest BCUT2D eigenvalue weighted by molar-refractivity contribution is -0.116. The summed E-state index contributed by atoms with van der Waals surface area (Å²) in [4.78, 5) is 42.5. The number of carbonyl (C=O) groups excluding carboxylic acids is 2. The third-order valence-corrected chi connectivity index (χ3v) is 6.33. The van der Waals surface area contributed by atoms with Crippen LogP contribution in [0.1, 0.15) is 22.0 Å². The maximum atomic E-state index is 13.5. The fourth-order valence-corrected chi connectivity index (χ4v) is 4.32. The molecule has 37 heavy (non-hydrogen) atoms. The van der Waals surface area contributed by atoms with E-state index in [1.54, 1.807) is 61.1 Å². The number of benzene rings is 1. The summed E-state index contributed by atoms with van der Waals surface area (Å²) < 4.78 is 1.55. The molecule has 0 aliphatic carbocycles. The van der Waals surface area contributed by atoms with Crippen molar-refractivity contribution < 1.29 is 14.7 Å². The van der Waals surface area contributed by atoms with Crippen molar-refractivity contribution in [3.8, 4) is 11.3 Å². The molecule has 2 N–H and O–H groups in total. The van der Waals surface area contributed by atoms with Crippen molar-refractivity contribution >= 4 is 35.1 Å². The van der Waals surface area contributed by atoms with Gasteiger partial charge in [-0.05, 0) is 43.3 Å². The molecule has 10 nitrogen and oxygen atoms in total. The number of imidazole rings is 1. The molecule has 0 saturated heterocycles. The third-order valence-electron chi connectivity index (χ3n) is 6.08. The highest BCUT2D eigenvalue weighted by molar-refractivity contribution is 6.30. The second kappa shape index (κ2) is 10.00. The molecule has 1 aliphatic rings. The van der Waals surface area contributed by atoms with Crippen molar-refractivity contribution in [1.29, 1.82) is 0 Å². The first-order valence-corrected chi connectivity index (χ1v) is 11.9. The molecular formula is C26H24ClN7O3. The smallest absolute Gasteiger partial charge is 0.278 e. The summed E-state index contributed by atoms with van der Waals surface area (Å²) in [6.07, 6.45) is 0.401. The number of carbonyl (C=O) groups is 2. The largest absolute Gasteiger partial charge is 0.356 e. The zero-order valence-electron chi connectivity index (χ0n) is 20.2. The maximum absolute atomic E-state index is 13.5. The van der Waals surface area contributed by atoms with Gasteiger partial charge in [-0.1, -0.05) is 35.9 Å². The fraction of sp³-hybridized carbons (Fsp3) is 0.192. The number of pyridine rings is 2. The number of aryl methyl sites for hydroxylation is 1. The Morgan fingerprint density at radius 1 is 1.08 bits per heavy atom. The summed E-state index contributed by atoms with van der Waals surface area (Å²) in [5, 5.41) is 14.2. The summed E-state index contributed by atoms with van der Waals surface area (Å²) in [6.45, 7) is 1.65. The molecule has 0 radical (unpaired) electrons. The van der Waals surface area contributed by atoms with E-state index in [9.17, 15) is 14.7 Å². The van der Waals surface area contributed by atoms with E-state index in [1.807, 2.05) is 24.3 Å². The number of anilines is 2. The molecule has 0 bridgehead atoms. The number of halogens is 1. The maximum Gasteiger partial charge on any atom is 0.278 e. The Kier molecular flexibility index (Phi) is 6.60. The van der Waals surface area contributed by atoms with E-state index in [-0.39, 0.29) is 24.7 Å². The molecule has 4 heterocycles. The molecule has 5 rings (SSSR count). The number of nitrogens with zero attached hydrogens (tertiary/aromatic N) is 6. The summed E-state index contributed by atoms with van der Waals surface area (Å²) >= 11 is 5.98. The minimum absolute atomic E-state index is 0.0997. The number of rotatable bonds is 6. The number of aliphatic hydroxyl groups excluding tert-OH is 1. The van der Waals surface area contributed by atoms with Crippen LogP contribution < -0.4 is 10.2 Å². The van der Waals surface area contributed by atoms with Gasteiger partial charge < -0.3 is 19.9 Å². The van der Waals surface area contributed by atoms with E-state index in [1.165, 1.54) is 9.80 Å². The van der Waals surface area contributed by atoms with E-state index in [0.717, 1.165) is 5.56 Å². The minimum atomic E-state index is -1.22. The van der Waals surface area contributed by atoms with E-state index >= 15 is 0 Å². The number of amides is 2. The zero-order valence-corrected chi connectivity index (χ0v) is 20.9. The molecule has 1 aromatic carbocycles. The molecule has 2 amide bonds. The highest BCUT2D eigenvalue weighted by Gasteiger charge is 2.39. The first kappa shape index (κ1) is 24.4. The summed E-state index contributed by atoms with van der Waals surface area (Å²) in [6, 6.07) is 17.9. The van der Waals surface area contributed by atoms with Gasteiger partial charge in [0, 0.05) is 23.8 Å². The van der Waals surface area contributed by atoms with Crippen molar-refractivity contribution in [2.45, 2.75) is 26.4 Å². The third kappa shape index (κ3) is 4.89. The highest BCUT2D eigenvalue weighted by atomic mass is 35.5. The van der Waals surface area contributed by atoms with Crippen molar-refractivity contribution in [2.24, 2.45) is 0 Å². The Hall–Kier alpha value is -4.28. The van der Waals surface area contributed by atoms with Gasteiger partial charge in [0.25, 0.3) is 5.91 Å². The molecular weight excluding hydrogens is 494 g/mol. The lowest BCUT2D eigenvalue weighted by atomic mass is 10.1. The van der Waals surface area contributed by atoms with Crippen LogP contribution in [0.3, 0.4) is 0 Å². The van der Waals surface area contributed by atoms with Gasteiger partial charge in [0.2, 0.25) is 12.3 Å². The van der Waals surface area contributed by atoms with Crippen LogP contribution in [0.15, 0.2) is 66.9 Å². The predicted octanol–water partition coefficient (Wildman–Crippen LogP) is 3.31. The summed E-state index contributed by atoms with van der Waals surface area (Å²) in [7, 11) is 1.64. The Balaban J connectivity index is 1.37. The fourth-order valence-electron chi connectivity index (χ4n) is 4.19. The normalized spacial score (nSPS) is 15.0. The van der Waals surface area contributed by atoms with Gasteiger partial charge in [0.1, 0.15) is 18.2 Å². The van der Waals surface area contributed by atoms with Crippen LogP contribution in [0.5, 0.6) is 0 Å². The van der Waals surface area contributed by atoms with Crippen LogP contribution in [0.25, 0.3) is 11.3 Å². The Morgan fingerprint density at radius 2 is 1.86 bits per heavy atom. The number of aliphatic hydroxyl groups is 1. The predicted molar refractivity (Wildman–Crippen MR) is 139 cm³/mol. The lowest BCUT2D eigenvalue weighted by Crippen LogP contribution is -2.54. The van der Waals surface area contributed by atoms with Gasteiger partial charge in [-0.2, -0.15) is 0 Å². The molecule has 1 aliphatic heterocycles. The van der Waals surface area contributed by atoms with Crippen LogP contribution in [0.4, 0.5) is 11.6 Å². The van der Waals surface area contributed by atoms with E-state index in [4.69, 9.17) is 11.6 Å². The van der Waals surface area contributed by atoms with Crippen molar-refractivity contribution in [1.82, 2.24) is 24.4 Å². The average Bonchev–Trinajstić information content (AvgIpc) is 3.22. The van der Waals surface area contributed by atoms with Gasteiger partial charge in [0.15, 0.2) is 11.5 Å². The molecule has 1 atom stereocenters. The molecule has 1 unspecified atom stereocenters. The standard InChI is InChI=1S/C26H24ClN7O3/c1-16-29-24-23(25(36)34(26(37)32(24)2)14-19-6-3-4-13-28-19)33(16)15-22(35)31-21-8-5-7-20(30-21)17-9-11-18(27)12-10-17/h3-13,26,37H,14-15H2,1-2H3,(H,30,31,35). The van der Waals surface area contributed by atoms with Crippen LogP contribution in [-0.4, -0.2) is 54.7 Å². The van der Waals surface area contributed by atoms with Gasteiger partial charge in [0.05, 0.1) is 17.9 Å². The van der Waals surface area contributed by atoms with E-state index in [0.29, 0.717) is 33.9 Å². The molecule has 11 heteroatoms.